The number of nitrogens with one attached hydrogen (secondary N) is 1. The summed E-state index contributed by atoms with van der Waals surface area (Å²) < 4.78 is 51.9. The van der Waals surface area contributed by atoms with Crippen molar-refractivity contribution in [3.8, 4) is 0 Å². The Hall–Kier alpha value is -3.08. The number of carbonyl (C=O) groups excluding carboxylic acids is 3. The minimum absolute atomic E-state index is 0.0221. The molecule has 0 radical (unpaired) electrons. The molecule has 198 valence electrons. The number of halogens is 3. The van der Waals surface area contributed by atoms with Gasteiger partial charge in [-0.3, -0.25) is 14.6 Å². The van der Waals surface area contributed by atoms with Crippen molar-refractivity contribution in [1.82, 2.24) is 15.1 Å². The van der Waals surface area contributed by atoms with Crippen molar-refractivity contribution in [1.29, 1.82) is 0 Å². The zero-order valence-electron chi connectivity index (χ0n) is 20.7. The summed E-state index contributed by atoms with van der Waals surface area (Å²) >= 11 is 0. The van der Waals surface area contributed by atoms with Crippen LogP contribution in [-0.2, 0) is 25.2 Å². The molecule has 2 amide bonds. The van der Waals surface area contributed by atoms with Gasteiger partial charge in [0.1, 0.15) is 0 Å². The monoisotopic (exact) mass is 511 g/mol. The molecule has 0 unspecified atom stereocenters. The summed E-state index contributed by atoms with van der Waals surface area (Å²) in [7, 11) is 0. The fraction of sp³-hybridized carbons (Fsp3) is 0.560. The van der Waals surface area contributed by atoms with Gasteiger partial charge < -0.3 is 14.8 Å². The number of amides is 2. The van der Waals surface area contributed by atoms with Gasteiger partial charge >= 0.3 is 24.1 Å². The largest absolute Gasteiger partial charge is 0.466 e. The van der Waals surface area contributed by atoms with Crippen LogP contribution in [0.5, 0.6) is 0 Å². The molecule has 3 rings (SSSR count). The average molecular weight is 512 g/mol. The Labute approximate surface area is 208 Å². The highest BCUT2D eigenvalue weighted by Crippen LogP contribution is 2.39. The maximum atomic E-state index is 13.8. The first-order chi connectivity index (χ1) is 17.1. The van der Waals surface area contributed by atoms with Crippen molar-refractivity contribution in [2.45, 2.75) is 45.8 Å². The van der Waals surface area contributed by atoms with E-state index < -0.39 is 29.8 Å². The quantitative estimate of drug-likeness (QED) is 0.533. The first kappa shape index (κ1) is 27.5. The lowest BCUT2D eigenvalue weighted by Gasteiger charge is -2.40. The van der Waals surface area contributed by atoms with Crippen LogP contribution in [0.1, 0.15) is 50.8 Å². The number of benzene rings is 1. The molecule has 36 heavy (non-hydrogen) atoms. The van der Waals surface area contributed by atoms with Crippen molar-refractivity contribution in [2.24, 2.45) is 5.92 Å². The van der Waals surface area contributed by atoms with Crippen LogP contribution in [0.2, 0.25) is 0 Å². The molecule has 2 aliphatic heterocycles. The highest BCUT2D eigenvalue weighted by molar-refractivity contribution is 5.95. The molecule has 0 aliphatic carbocycles. The Morgan fingerprint density at radius 1 is 1.06 bits per heavy atom. The zero-order valence-corrected chi connectivity index (χ0v) is 20.7. The molecule has 0 spiro atoms. The van der Waals surface area contributed by atoms with E-state index in [4.69, 9.17) is 9.47 Å². The Morgan fingerprint density at radius 2 is 1.69 bits per heavy atom. The Morgan fingerprint density at radius 3 is 2.28 bits per heavy atom. The molecular weight excluding hydrogens is 479 g/mol. The van der Waals surface area contributed by atoms with Gasteiger partial charge in [0.2, 0.25) is 0 Å². The molecule has 1 saturated heterocycles. The van der Waals surface area contributed by atoms with E-state index in [9.17, 15) is 27.6 Å². The van der Waals surface area contributed by atoms with Gasteiger partial charge in [0, 0.05) is 18.8 Å². The van der Waals surface area contributed by atoms with Gasteiger partial charge in [0.15, 0.2) is 0 Å². The lowest BCUT2D eigenvalue weighted by molar-refractivity contribution is -0.149. The van der Waals surface area contributed by atoms with Crippen LogP contribution < -0.4 is 5.32 Å². The summed E-state index contributed by atoms with van der Waals surface area (Å²) in [5.41, 5.74) is -0.883. The van der Waals surface area contributed by atoms with Crippen LogP contribution in [-0.4, -0.2) is 67.2 Å². The highest BCUT2D eigenvalue weighted by atomic mass is 19.4. The Balaban J connectivity index is 2.02. The number of likely N-dealkylation sites (N-methyl/N-ethyl adjacent to an activating group) is 1. The first-order valence-corrected chi connectivity index (χ1v) is 12.2. The van der Waals surface area contributed by atoms with Crippen molar-refractivity contribution in [3.63, 3.8) is 0 Å². The predicted molar refractivity (Wildman–Crippen MR) is 125 cm³/mol. The average Bonchev–Trinajstić information content (AvgIpc) is 2.84. The SMILES string of the molecule is CCOC(=O)C1=C(CN2CCC(C(=O)OCC)CC2)N(CC)C(=O)N[C@H]1c1ccccc1C(F)(F)F. The van der Waals surface area contributed by atoms with E-state index in [2.05, 4.69) is 5.32 Å². The number of piperidine rings is 1. The third-order valence-electron chi connectivity index (χ3n) is 6.41. The van der Waals surface area contributed by atoms with E-state index >= 15 is 0 Å². The maximum Gasteiger partial charge on any atom is 0.416 e. The van der Waals surface area contributed by atoms with E-state index in [1.807, 2.05) is 4.90 Å². The number of carbonyl (C=O) groups is 3. The van der Waals surface area contributed by atoms with Crippen LogP contribution in [0.3, 0.4) is 0 Å². The molecule has 1 N–H and O–H groups in total. The van der Waals surface area contributed by atoms with Crippen LogP contribution in [0, 0.1) is 5.92 Å². The van der Waals surface area contributed by atoms with Gasteiger partial charge in [0.25, 0.3) is 0 Å². The molecule has 0 aromatic heterocycles. The predicted octanol–water partition coefficient (Wildman–Crippen LogP) is 3.88. The summed E-state index contributed by atoms with van der Waals surface area (Å²) in [4.78, 5) is 41.6. The molecular formula is C25H32F3N3O5. The van der Waals surface area contributed by atoms with Gasteiger partial charge in [-0.1, -0.05) is 18.2 Å². The number of esters is 2. The number of urea groups is 1. The third kappa shape index (κ3) is 6.00. The topological polar surface area (TPSA) is 88.2 Å². The van der Waals surface area contributed by atoms with E-state index in [0.717, 1.165) is 6.07 Å². The van der Waals surface area contributed by atoms with Gasteiger partial charge in [-0.15, -0.1) is 0 Å². The van der Waals surface area contributed by atoms with Gasteiger partial charge in [-0.25, -0.2) is 9.59 Å². The lowest BCUT2D eigenvalue weighted by atomic mass is 9.90. The fourth-order valence-corrected chi connectivity index (χ4v) is 4.70. The number of hydrogen-bond acceptors (Lipinski definition) is 6. The number of ether oxygens (including phenoxy) is 2. The molecule has 0 saturated carbocycles. The number of alkyl halides is 3. The van der Waals surface area contributed by atoms with Gasteiger partial charge in [0.05, 0.1) is 36.3 Å². The minimum Gasteiger partial charge on any atom is -0.466 e. The van der Waals surface area contributed by atoms with Crippen molar-refractivity contribution < 1.29 is 37.0 Å². The van der Waals surface area contributed by atoms with E-state index in [1.54, 1.807) is 20.8 Å². The number of nitrogens with zero attached hydrogens (tertiary/aromatic N) is 2. The van der Waals surface area contributed by atoms with E-state index in [1.165, 1.54) is 23.1 Å². The molecule has 0 bridgehead atoms. The summed E-state index contributed by atoms with van der Waals surface area (Å²) in [6.45, 7) is 6.77. The Bertz CT molecular complexity index is 1000. The lowest BCUT2D eigenvalue weighted by Crippen LogP contribution is -2.51. The summed E-state index contributed by atoms with van der Waals surface area (Å²) in [6.07, 6.45) is -3.60. The zero-order chi connectivity index (χ0) is 26.5. The molecule has 1 aromatic carbocycles. The van der Waals surface area contributed by atoms with Crippen LogP contribution in [0.15, 0.2) is 35.5 Å². The molecule has 1 fully saturated rings. The Kier molecular flexibility index (Phi) is 8.99. The molecule has 1 aromatic rings. The fourth-order valence-electron chi connectivity index (χ4n) is 4.70. The second-order valence-electron chi connectivity index (χ2n) is 8.60. The van der Waals surface area contributed by atoms with Crippen molar-refractivity contribution in [2.75, 3.05) is 39.4 Å². The maximum absolute atomic E-state index is 13.8. The smallest absolute Gasteiger partial charge is 0.416 e. The van der Waals surface area contributed by atoms with Crippen LogP contribution in [0.25, 0.3) is 0 Å². The van der Waals surface area contributed by atoms with Crippen molar-refractivity contribution in [3.05, 3.63) is 46.7 Å². The van der Waals surface area contributed by atoms with Gasteiger partial charge in [-0.2, -0.15) is 13.2 Å². The van der Waals surface area contributed by atoms with E-state index in [-0.39, 0.29) is 42.7 Å². The highest BCUT2D eigenvalue weighted by Gasteiger charge is 2.43. The molecule has 1 atom stereocenters. The number of hydrogen-bond donors (Lipinski definition) is 1. The second-order valence-corrected chi connectivity index (χ2v) is 8.60. The third-order valence-corrected chi connectivity index (χ3v) is 6.41. The summed E-state index contributed by atoms with van der Waals surface area (Å²) in [6, 6.07) is 2.96. The minimum atomic E-state index is -4.68. The number of rotatable bonds is 8. The van der Waals surface area contributed by atoms with Crippen LogP contribution in [0.4, 0.5) is 18.0 Å². The molecule has 11 heteroatoms. The molecule has 8 nitrogen and oxygen atoms in total. The standard InChI is InChI=1S/C25H32F3N3O5/c1-4-31-19(15-30-13-11-16(12-14-30)22(32)35-5-2)20(23(33)36-6-3)21(29-24(31)34)17-9-7-8-10-18(17)25(26,27)28/h7-10,16,21H,4-6,11-15H2,1-3H3,(H,29,34)/t21-/m0/s1. The summed E-state index contributed by atoms with van der Waals surface area (Å²) in [5, 5.41) is 2.59. The first-order valence-electron chi connectivity index (χ1n) is 12.2. The molecule has 2 heterocycles. The molecule has 2 aliphatic rings. The van der Waals surface area contributed by atoms with Crippen LogP contribution >= 0.6 is 0 Å². The second kappa shape index (κ2) is 11.8. The summed E-state index contributed by atoms with van der Waals surface area (Å²) in [5.74, 6) is -1.27. The number of likely N-dealkylation sites (tertiary alicyclic amines) is 1. The van der Waals surface area contributed by atoms with E-state index in [0.29, 0.717) is 38.2 Å². The normalized spacial score (nSPS) is 19.8. The van der Waals surface area contributed by atoms with Crippen molar-refractivity contribution >= 4 is 18.0 Å². The van der Waals surface area contributed by atoms with Gasteiger partial charge in [-0.05, 0) is 58.3 Å².